The molecular weight excluding hydrogens is 293 g/mol. The summed E-state index contributed by atoms with van der Waals surface area (Å²) in [7, 11) is 1.39. The van der Waals surface area contributed by atoms with Crippen LogP contribution >= 0.6 is 0 Å². The number of nitro groups is 1. The van der Waals surface area contributed by atoms with E-state index < -0.39 is 10.7 Å². The smallest absolute Gasteiger partial charge is 0.300 e. The Hall–Kier alpha value is -3.16. The summed E-state index contributed by atoms with van der Waals surface area (Å²) in [6.45, 7) is 0. The minimum absolute atomic E-state index is 0.0953. The number of hydrogen-bond donors (Lipinski definition) is 1. The van der Waals surface area contributed by atoms with Crippen molar-refractivity contribution in [1.82, 2.24) is 4.98 Å². The maximum Gasteiger partial charge on any atom is 0.300 e. The van der Waals surface area contributed by atoms with Gasteiger partial charge < -0.3 is 14.5 Å². The molecule has 112 valence electrons. The van der Waals surface area contributed by atoms with Crippen molar-refractivity contribution in [2.45, 2.75) is 0 Å². The third kappa shape index (κ3) is 2.53. The number of non-ortho nitro benzene ring substituents is 1. The largest absolute Gasteiger partial charge is 0.494 e. The van der Waals surface area contributed by atoms with Crippen molar-refractivity contribution in [2.75, 3.05) is 12.4 Å². The summed E-state index contributed by atoms with van der Waals surface area (Å²) < 4.78 is 23.6. The van der Waals surface area contributed by atoms with Crippen LogP contribution in [0.3, 0.4) is 0 Å². The first-order chi connectivity index (χ1) is 10.6. The molecule has 8 heteroatoms. The molecule has 3 aromatic rings. The van der Waals surface area contributed by atoms with Gasteiger partial charge >= 0.3 is 0 Å². The number of hydrogen-bond acceptors (Lipinski definition) is 6. The second-order valence-electron chi connectivity index (χ2n) is 4.40. The van der Waals surface area contributed by atoms with E-state index >= 15 is 0 Å². The molecule has 0 bridgehead atoms. The minimum atomic E-state index is -0.519. The summed E-state index contributed by atoms with van der Waals surface area (Å²) in [6.07, 6.45) is 0. The zero-order valence-electron chi connectivity index (χ0n) is 11.4. The van der Waals surface area contributed by atoms with Gasteiger partial charge in [-0.3, -0.25) is 10.1 Å². The lowest BCUT2D eigenvalue weighted by atomic mass is 10.2. The highest BCUT2D eigenvalue weighted by Gasteiger charge is 2.14. The molecule has 0 radical (unpaired) electrons. The first-order valence-electron chi connectivity index (χ1n) is 6.22. The molecule has 0 atom stereocenters. The standard InChI is InChI=1S/C14H10FN3O4/c1-21-12-7-9(18(19)20)3-5-10(12)16-14-17-11-4-2-8(15)6-13(11)22-14/h2-7H,1H3,(H,16,17). The van der Waals surface area contributed by atoms with Gasteiger partial charge in [0.15, 0.2) is 5.58 Å². The molecule has 0 saturated carbocycles. The highest BCUT2D eigenvalue weighted by molar-refractivity contribution is 5.76. The molecule has 2 aromatic carbocycles. The lowest BCUT2D eigenvalue weighted by Gasteiger charge is -2.07. The Morgan fingerprint density at radius 1 is 1.32 bits per heavy atom. The van der Waals surface area contributed by atoms with Gasteiger partial charge in [-0.25, -0.2) is 4.39 Å². The van der Waals surface area contributed by atoms with Crippen molar-refractivity contribution in [3.8, 4) is 5.75 Å². The van der Waals surface area contributed by atoms with Gasteiger partial charge in [-0.1, -0.05) is 0 Å². The molecule has 7 nitrogen and oxygen atoms in total. The van der Waals surface area contributed by atoms with Crippen molar-refractivity contribution in [3.05, 3.63) is 52.3 Å². The second-order valence-corrected chi connectivity index (χ2v) is 4.40. The van der Waals surface area contributed by atoms with Gasteiger partial charge in [0.25, 0.3) is 11.7 Å². The number of rotatable bonds is 4. The zero-order valence-corrected chi connectivity index (χ0v) is 11.4. The van der Waals surface area contributed by atoms with Crippen molar-refractivity contribution >= 4 is 28.5 Å². The highest BCUT2D eigenvalue weighted by Crippen LogP contribution is 2.32. The number of oxazole rings is 1. The Bertz CT molecular complexity index is 862. The van der Waals surface area contributed by atoms with Crippen molar-refractivity contribution < 1.29 is 18.5 Å². The third-order valence-corrected chi connectivity index (χ3v) is 2.99. The number of anilines is 2. The van der Waals surface area contributed by atoms with Crippen molar-refractivity contribution in [1.29, 1.82) is 0 Å². The van der Waals surface area contributed by atoms with Crippen LogP contribution in [0.15, 0.2) is 40.8 Å². The van der Waals surface area contributed by atoms with Crippen LogP contribution in [0.4, 0.5) is 21.8 Å². The average molecular weight is 303 g/mol. The molecule has 0 saturated heterocycles. The summed E-state index contributed by atoms with van der Waals surface area (Å²) in [6, 6.07) is 8.21. The molecule has 0 aliphatic carbocycles. The van der Waals surface area contributed by atoms with Crippen LogP contribution in [0.25, 0.3) is 11.1 Å². The quantitative estimate of drug-likeness (QED) is 0.584. The molecule has 1 heterocycles. The lowest BCUT2D eigenvalue weighted by Crippen LogP contribution is -1.96. The molecule has 0 aliphatic rings. The first-order valence-corrected chi connectivity index (χ1v) is 6.22. The summed E-state index contributed by atoms with van der Waals surface area (Å²) in [5.41, 5.74) is 1.13. The normalized spacial score (nSPS) is 10.6. The summed E-state index contributed by atoms with van der Waals surface area (Å²) >= 11 is 0. The van der Waals surface area contributed by atoms with Gasteiger partial charge in [-0.05, 0) is 18.2 Å². The molecule has 1 aromatic heterocycles. The second kappa shape index (κ2) is 5.32. The molecule has 22 heavy (non-hydrogen) atoms. The van der Waals surface area contributed by atoms with Gasteiger partial charge in [-0.15, -0.1) is 0 Å². The number of methoxy groups -OCH3 is 1. The van der Waals surface area contributed by atoms with Crippen LogP contribution in [0, 0.1) is 15.9 Å². The lowest BCUT2D eigenvalue weighted by molar-refractivity contribution is -0.384. The molecule has 0 amide bonds. The van der Waals surface area contributed by atoms with Crippen LogP contribution in [-0.4, -0.2) is 17.0 Å². The number of halogens is 1. The highest BCUT2D eigenvalue weighted by atomic mass is 19.1. The number of nitro benzene ring substituents is 1. The fourth-order valence-corrected chi connectivity index (χ4v) is 1.96. The predicted octanol–water partition coefficient (Wildman–Crippen LogP) is 3.63. The van der Waals surface area contributed by atoms with Crippen LogP contribution in [0.1, 0.15) is 0 Å². The first kappa shape index (κ1) is 13.8. The maximum absolute atomic E-state index is 13.1. The van der Waals surface area contributed by atoms with E-state index in [1.807, 2.05) is 0 Å². The molecule has 0 fully saturated rings. The average Bonchev–Trinajstić information content (AvgIpc) is 2.88. The van der Waals surface area contributed by atoms with E-state index in [1.165, 1.54) is 43.5 Å². The number of nitrogens with one attached hydrogen (secondary N) is 1. The van der Waals surface area contributed by atoms with E-state index in [1.54, 1.807) is 0 Å². The van der Waals surface area contributed by atoms with E-state index in [4.69, 9.17) is 9.15 Å². The van der Waals surface area contributed by atoms with E-state index in [-0.39, 0.29) is 17.5 Å². The number of fused-ring (bicyclic) bond motifs is 1. The van der Waals surface area contributed by atoms with Crippen LogP contribution in [0.5, 0.6) is 5.75 Å². The number of aromatic nitrogens is 1. The molecule has 3 rings (SSSR count). The topological polar surface area (TPSA) is 90.4 Å². The monoisotopic (exact) mass is 303 g/mol. The van der Waals surface area contributed by atoms with E-state index in [0.717, 1.165) is 0 Å². The summed E-state index contributed by atoms with van der Waals surface area (Å²) in [5.74, 6) is -0.161. The number of ether oxygens (including phenoxy) is 1. The molecule has 0 spiro atoms. The number of nitrogens with zero attached hydrogens (tertiary/aromatic N) is 2. The van der Waals surface area contributed by atoms with Gasteiger partial charge in [-0.2, -0.15) is 4.98 Å². The van der Waals surface area contributed by atoms with Crippen molar-refractivity contribution in [3.63, 3.8) is 0 Å². The van der Waals surface area contributed by atoms with Gasteiger partial charge in [0.1, 0.15) is 17.1 Å². The Balaban J connectivity index is 1.95. The third-order valence-electron chi connectivity index (χ3n) is 2.99. The zero-order chi connectivity index (χ0) is 15.7. The maximum atomic E-state index is 13.1. The van der Waals surface area contributed by atoms with Gasteiger partial charge in [0.2, 0.25) is 0 Å². The van der Waals surface area contributed by atoms with Crippen LogP contribution < -0.4 is 10.1 Å². The fraction of sp³-hybridized carbons (Fsp3) is 0.0714. The molecule has 1 N–H and O–H groups in total. The van der Waals surface area contributed by atoms with Crippen LogP contribution in [-0.2, 0) is 0 Å². The van der Waals surface area contributed by atoms with Crippen LogP contribution in [0.2, 0.25) is 0 Å². The minimum Gasteiger partial charge on any atom is -0.494 e. The van der Waals surface area contributed by atoms with E-state index in [9.17, 15) is 14.5 Å². The van der Waals surface area contributed by atoms with E-state index in [2.05, 4.69) is 10.3 Å². The van der Waals surface area contributed by atoms with Crippen molar-refractivity contribution in [2.24, 2.45) is 0 Å². The Kier molecular flexibility index (Phi) is 3.34. The molecule has 0 unspecified atom stereocenters. The summed E-state index contributed by atoms with van der Waals surface area (Å²) in [5, 5.41) is 13.6. The Morgan fingerprint density at radius 2 is 2.14 bits per heavy atom. The predicted molar refractivity (Wildman–Crippen MR) is 76.9 cm³/mol. The summed E-state index contributed by atoms with van der Waals surface area (Å²) in [4.78, 5) is 14.4. The molecular formula is C14H10FN3O4. The SMILES string of the molecule is COc1cc([N+](=O)[O-])ccc1Nc1nc2ccc(F)cc2o1. The Morgan fingerprint density at radius 3 is 2.86 bits per heavy atom. The number of benzene rings is 2. The van der Waals surface area contributed by atoms with E-state index in [0.29, 0.717) is 16.8 Å². The van der Waals surface area contributed by atoms with Gasteiger partial charge in [0.05, 0.1) is 23.8 Å². The Labute approximate surface area is 123 Å². The fourth-order valence-electron chi connectivity index (χ4n) is 1.96. The van der Waals surface area contributed by atoms with Gasteiger partial charge in [0, 0.05) is 12.1 Å². The molecule has 0 aliphatic heterocycles.